The van der Waals surface area contributed by atoms with Gasteiger partial charge in [-0.1, -0.05) is 12.1 Å². The number of hydrogen-bond acceptors (Lipinski definition) is 1. The van der Waals surface area contributed by atoms with Crippen molar-refractivity contribution in [2.75, 3.05) is 0 Å². The Morgan fingerprint density at radius 2 is 2.00 bits per heavy atom. The average Bonchev–Trinajstić information content (AvgIpc) is 2.16. The molecule has 13 heavy (non-hydrogen) atoms. The quantitative estimate of drug-likeness (QED) is 0.786. The molecule has 1 rings (SSSR count). The van der Waals surface area contributed by atoms with Crippen LogP contribution in [0.1, 0.15) is 21.5 Å². The molecule has 0 fully saturated rings. The molecule has 2 nitrogen and oxygen atoms in total. The number of halogens is 2. The Bertz CT molecular complexity index is 323. The maximum Gasteiger partial charge on any atom is 0.336 e. The minimum Gasteiger partial charge on any atom is -0.478 e. The summed E-state index contributed by atoms with van der Waals surface area (Å²) in [7, 11) is 0. The van der Waals surface area contributed by atoms with E-state index in [-0.39, 0.29) is 16.7 Å². The van der Waals surface area contributed by atoms with Crippen LogP contribution < -0.4 is 0 Å². The summed E-state index contributed by atoms with van der Waals surface area (Å²) in [4.78, 5) is 10.6. The fraction of sp³-hybridized carbons (Fsp3) is 0.222. The second kappa shape index (κ2) is 3.98. The molecule has 4 heteroatoms. The molecule has 1 aromatic carbocycles. The first-order valence-electron chi connectivity index (χ1n) is 3.66. The maximum atomic E-state index is 12.2. The minimum atomic E-state index is -1.23. The van der Waals surface area contributed by atoms with Crippen LogP contribution in [0.4, 0.5) is 8.78 Å². The van der Waals surface area contributed by atoms with Crippen LogP contribution in [-0.4, -0.2) is 11.1 Å². The Morgan fingerprint density at radius 1 is 1.31 bits per heavy atom. The van der Waals surface area contributed by atoms with Gasteiger partial charge in [0, 0.05) is 0 Å². The Kier molecular flexibility index (Phi) is 2.95. The van der Waals surface area contributed by atoms with Gasteiger partial charge in [-0.2, -0.15) is 0 Å². The normalized spacial score (nSPS) is 10.0. The Balaban J connectivity index is 3.18. The molecule has 0 bridgehead atoms. The van der Waals surface area contributed by atoms with Crippen LogP contribution in [0.3, 0.4) is 0 Å². The molecule has 0 aliphatic rings. The van der Waals surface area contributed by atoms with Crippen molar-refractivity contribution in [2.45, 2.75) is 13.3 Å². The smallest absolute Gasteiger partial charge is 0.336 e. The van der Waals surface area contributed by atoms with Crippen molar-refractivity contribution in [1.82, 2.24) is 0 Å². The van der Waals surface area contributed by atoms with E-state index in [2.05, 4.69) is 0 Å². The van der Waals surface area contributed by atoms with E-state index in [4.69, 9.17) is 5.11 Å². The largest absolute Gasteiger partial charge is 0.478 e. The first-order valence-corrected chi connectivity index (χ1v) is 3.66. The van der Waals surface area contributed by atoms with E-state index in [9.17, 15) is 13.6 Å². The third kappa shape index (κ3) is 2.02. The standard InChI is InChI=1S/C9H8F2O2/c10-4-6-1-2-7(5-11)8(3-6)9(12)13/h1-3H,4-5H2,(H,12,13). The van der Waals surface area contributed by atoms with Crippen molar-refractivity contribution in [2.24, 2.45) is 0 Å². The van der Waals surface area contributed by atoms with Crippen molar-refractivity contribution in [3.8, 4) is 0 Å². The topological polar surface area (TPSA) is 37.3 Å². The number of benzene rings is 1. The van der Waals surface area contributed by atoms with Crippen LogP contribution in [0.15, 0.2) is 18.2 Å². The Hall–Kier alpha value is -1.45. The second-order valence-corrected chi connectivity index (χ2v) is 2.56. The predicted octanol–water partition coefficient (Wildman–Crippen LogP) is 2.32. The zero-order valence-electron chi connectivity index (χ0n) is 6.76. The highest BCUT2D eigenvalue weighted by molar-refractivity contribution is 5.89. The lowest BCUT2D eigenvalue weighted by Crippen LogP contribution is -2.02. The van der Waals surface area contributed by atoms with Crippen molar-refractivity contribution in [3.05, 3.63) is 34.9 Å². The van der Waals surface area contributed by atoms with Gasteiger partial charge in [-0.05, 0) is 17.2 Å². The van der Waals surface area contributed by atoms with E-state index in [1.807, 2.05) is 0 Å². The molecule has 0 atom stereocenters. The highest BCUT2D eigenvalue weighted by Gasteiger charge is 2.10. The number of rotatable bonds is 3. The van der Waals surface area contributed by atoms with Gasteiger partial charge in [0.05, 0.1) is 5.56 Å². The lowest BCUT2D eigenvalue weighted by Gasteiger charge is -2.02. The van der Waals surface area contributed by atoms with Gasteiger partial charge in [0.25, 0.3) is 0 Å². The number of carboxylic acid groups (broad SMARTS) is 1. The molecule has 1 aromatic rings. The predicted molar refractivity (Wildman–Crippen MR) is 43.0 cm³/mol. The van der Waals surface area contributed by atoms with E-state index in [0.717, 1.165) is 6.07 Å². The number of carbonyl (C=O) groups is 1. The summed E-state index contributed by atoms with van der Waals surface area (Å²) in [5, 5.41) is 8.63. The van der Waals surface area contributed by atoms with Crippen LogP contribution in [0.2, 0.25) is 0 Å². The molecular weight excluding hydrogens is 178 g/mol. The lowest BCUT2D eigenvalue weighted by atomic mass is 10.1. The average molecular weight is 186 g/mol. The molecule has 0 amide bonds. The molecule has 0 radical (unpaired) electrons. The molecule has 70 valence electrons. The minimum absolute atomic E-state index is 0.0738. The fourth-order valence-electron chi connectivity index (χ4n) is 1.02. The number of hydrogen-bond donors (Lipinski definition) is 1. The van der Waals surface area contributed by atoms with Gasteiger partial charge in [-0.25, -0.2) is 13.6 Å². The highest BCUT2D eigenvalue weighted by Crippen LogP contribution is 2.14. The van der Waals surface area contributed by atoms with E-state index in [1.54, 1.807) is 0 Å². The van der Waals surface area contributed by atoms with Crippen molar-refractivity contribution < 1.29 is 18.7 Å². The Morgan fingerprint density at radius 3 is 2.46 bits per heavy atom. The van der Waals surface area contributed by atoms with E-state index in [0.29, 0.717) is 0 Å². The molecule has 0 saturated heterocycles. The SMILES string of the molecule is O=C(O)c1cc(CF)ccc1CF. The molecule has 1 N–H and O–H groups in total. The van der Waals surface area contributed by atoms with Gasteiger partial charge in [0.15, 0.2) is 0 Å². The summed E-state index contributed by atoms with van der Waals surface area (Å²) in [6, 6.07) is 3.82. The number of carboxylic acids is 1. The van der Waals surface area contributed by atoms with Gasteiger partial charge in [0.1, 0.15) is 13.3 Å². The van der Waals surface area contributed by atoms with Gasteiger partial charge in [0.2, 0.25) is 0 Å². The molecule has 0 saturated carbocycles. The second-order valence-electron chi connectivity index (χ2n) is 2.56. The van der Waals surface area contributed by atoms with Crippen LogP contribution in [0.5, 0.6) is 0 Å². The fourth-order valence-corrected chi connectivity index (χ4v) is 1.02. The summed E-state index contributed by atoms with van der Waals surface area (Å²) in [6.45, 7) is -1.60. The maximum absolute atomic E-state index is 12.2. The third-order valence-electron chi connectivity index (χ3n) is 1.70. The van der Waals surface area contributed by atoms with Crippen LogP contribution in [0.25, 0.3) is 0 Å². The van der Waals surface area contributed by atoms with Gasteiger partial charge < -0.3 is 5.11 Å². The first-order chi connectivity index (χ1) is 6.19. The molecule has 0 aliphatic heterocycles. The summed E-state index contributed by atoms with van der Waals surface area (Å²) in [5.41, 5.74) is 0.150. The van der Waals surface area contributed by atoms with E-state index in [1.165, 1.54) is 12.1 Å². The number of aromatic carboxylic acids is 1. The molecule has 0 unspecified atom stereocenters. The van der Waals surface area contributed by atoms with Gasteiger partial charge in [-0.15, -0.1) is 0 Å². The lowest BCUT2D eigenvalue weighted by molar-refractivity contribution is 0.0694. The molecular formula is C9H8F2O2. The van der Waals surface area contributed by atoms with Gasteiger partial charge in [-0.3, -0.25) is 0 Å². The summed E-state index contributed by atoms with van der Waals surface area (Å²) in [6.07, 6.45) is 0. The first kappa shape index (κ1) is 9.64. The van der Waals surface area contributed by atoms with E-state index < -0.39 is 19.3 Å². The summed E-state index contributed by atoms with van der Waals surface area (Å²) in [5.74, 6) is -1.23. The highest BCUT2D eigenvalue weighted by atomic mass is 19.1. The van der Waals surface area contributed by atoms with Crippen molar-refractivity contribution in [1.29, 1.82) is 0 Å². The third-order valence-corrected chi connectivity index (χ3v) is 1.70. The summed E-state index contributed by atoms with van der Waals surface area (Å²) < 4.78 is 24.3. The van der Waals surface area contributed by atoms with E-state index >= 15 is 0 Å². The zero-order valence-corrected chi connectivity index (χ0v) is 6.76. The Labute approximate surface area is 73.8 Å². The van der Waals surface area contributed by atoms with Crippen LogP contribution >= 0.6 is 0 Å². The van der Waals surface area contributed by atoms with Gasteiger partial charge >= 0.3 is 5.97 Å². The monoisotopic (exact) mass is 186 g/mol. The molecule has 0 aliphatic carbocycles. The van der Waals surface area contributed by atoms with Crippen LogP contribution in [0, 0.1) is 0 Å². The van der Waals surface area contributed by atoms with Crippen LogP contribution in [-0.2, 0) is 13.3 Å². The molecule has 0 spiro atoms. The molecule has 0 heterocycles. The van der Waals surface area contributed by atoms with Crippen molar-refractivity contribution >= 4 is 5.97 Å². The number of alkyl halides is 2. The summed E-state index contributed by atoms with van der Waals surface area (Å²) >= 11 is 0. The molecule has 0 aromatic heterocycles. The zero-order chi connectivity index (χ0) is 9.84. The van der Waals surface area contributed by atoms with Crippen molar-refractivity contribution in [3.63, 3.8) is 0 Å².